The second-order valence-corrected chi connectivity index (χ2v) is 3.95. The van der Waals surface area contributed by atoms with Crippen LogP contribution in [-0.2, 0) is 6.18 Å². The molecule has 0 spiro atoms. The Bertz CT molecular complexity index is 414. The van der Waals surface area contributed by atoms with E-state index in [2.05, 4.69) is 0 Å². The lowest BCUT2D eigenvalue weighted by atomic mass is 10.1. The number of halogens is 6. The van der Waals surface area contributed by atoms with E-state index in [0.717, 1.165) is 0 Å². The molecule has 1 aromatic rings. The highest BCUT2D eigenvalue weighted by Crippen LogP contribution is 2.31. The Morgan fingerprint density at radius 1 is 1.25 bits per heavy atom. The van der Waals surface area contributed by atoms with Gasteiger partial charge in [-0.1, -0.05) is 23.2 Å². The molecule has 0 aliphatic heterocycles. The predicted molar refractivity (Wildman–Crippen MR) is 51.2 cm³/mol. The molecule has 0 aliphatic rings. The predicted octanol–water partition coefficient (Wildman–Crippen LogP) is 3.83. The minimum atomic E-state index is -4.66. The molecule has 0 N–H and O–H groups in total. The fourth-order valence-corrected chi connectivity index (χ4v) is 1.24. The first-order valence-electron chi connectivity index (χ1n) is 3.92. The third-order valence-electron chi connectivity index (χ3n) is 1.76. The fourth-order valence-electron chi connectivity index (χ4n) is 1.01. The topological polar surface area (TPSA) is 17.1 Å². The van der Waals surface area contributed by atoms with E-state index in [1.54, 1.807) is 0 Å². The number of hydrogen-bond acceptors (Lipinski definition) is 1. The first-order chi connectivity index (χ1) is 7.23. The van der Waals surface area contributed by atoms with Gasteiger partial charge in [0.15, 0.2) is 10.6 Å². The van der Waals surface area contributed by atoms with Gasteiger partial charge in [0.1, 0.15) is 5.82 Å². The van der Waals surface area contributed by atoms with Gasteiger partial charge < -0.3 is 0 Å². The van der Waals surface area contributed by atoms with Crippen LogP contribution in [0, 0.1) is 5.82 Å². The molecule has 1 aromatic carbocycles. The van der Waals surface area contributed by atoms with Crippen LogP contribution < -0.4 is 0 Å². The second kappa shape index (κ2) is 4.59. The summed E-state index contributed by atoms with van der Waals surface area (Å²) in [6, 6.07) is 1.46. The Kier molecular flexibility index (Phi) is 3.80. The molecule has 0 saturated carbocycles. The summed E-state index contributed by atoms with van der Waals surface area (Å²) in [7, 11) is 0. The summed E-state index contributed by atoms with van der Waals surface area (Å²) in [6.45, 7) is 0. The lowest BCUT2D eigenvalue weighted by Crippen LogP contribution is -2.13. The Morgan fingerprint density at radius 3 is 2.25 bits per heavy atom. The van der Waals surface area contributed by atoms with Crippen molar-refractivity contribution in [3.05, 3.63) is 35.1 Å². The van der Waals surface area contributed by atoms with Gasteiger partial charge in [-0.25, -0.2) is 4.39 Å². The van der Waals surface area contributed by atoms with Gasteiger partial charge in [0.05, 0.1) is 11.1 Å². The van der Waals surface area contributed by atoms with Crippen molar-refractivity contribution < 1.29 is 22.4 Å². The zero-order valence-electron chi connectivity index (χ0n) is 7.49. The largest absolute Gasteiger partial charge is 0.416 e. The zero-order valence-corrected chi connectivity index (χ0v) is 9.00. The summed E-state index contributed by atoms with van der Waals surface area (Å²) in [6.07, 6.45) is -4.66. The third-order valence-corrected chi connectivity index (χ3v) is 2.15. The van der Waals surface area contributed by atoms with Crippen LogP contribution in [0.5, 0.6) is 0 Å². The molecule has 0 aliphatic carbocycles. The lowest BCUT2D eigenvalue weighted by molar-refractivity contribution is -0.137. The van der Waals surface area contributed by atoms with Crippen molar-refractivity contribution in [1.82, 2.24) is 0 Å². The van der Waals surface area contributed by atoms with Crippen LogP contribution in [0.1, 0.15) is 15.9 Å². The Hall–Kier alpha value is -0.810. The second-order valence-electron chi connectivity index (χ2n) is 2.86. The standard InChI is InChI=1S/C9H4Cl2F4O/c10-8(11)7(16)5-3-4(9(13,14)15)1-2-6(5)12/h1-3,8H. The van der Waals surface area contributed by atoms with Crippen molar-refractivity contribution >= 4 is 29.0 Å². The van der Waals surface area contributed by atoms with Crippen LogP contribution in [0.15, 0.2) is 18.2 Å². The maximum absolute atomic E-state index is 13.1. The van der Waals surface area contributed by atoms with Crippen LogP contribution in [0.4, 0.5) is 17.6 Å². The molecule has 0 amide bonds. The molecule has 0 unspecified atom stereocenters. The third kappa shape index (κ3) is 2.86. The van der Waals surface area contributed by atoms with E-state index < -0.39 is 33.7 Å². The molecule has 1 nitrogen and oxygen atoms in total. The number of ketones is 1. The van der Waals surface area contributed by atoms with Crippen molar-refractivity contribution in [2.24, 2.45) is 0 Å². The van der Waals surface area contributed by atoms with Gasteiger partial charge in [0.2, 0.25) is 0 Å². The number of carbonyl (C=O) groups is 1. The van der Waals surface area contributed by atoms with Gasteiger partial charge in [0.25, 0.3) is 0 Å². The molecule has 88 valence electrons. The molecule has 16 heavy (non-hydrogen) atoms. The number of alkyl halides is 5. The van der Waals surface area contributed by atoms with Gasteiger partial charge in [-0.15, -0.1) is 0 Å². The number of carbonyl (C=O) groups excluding carboxylic acids is 1. The summed E-state index contributed by atoms with van der Waals surface area (Å²) in [5, 5.41) is 0. The lowest BCUT2D eigenvalue weighted by Gasteiger charge is -2.09. The first-order valence-corrected chi connectivity index (χ1v) is 4.80. The van der Waals surface area contributed by atoms with E-state index in [1.807, 2.05) is 0 Å². The minimum Gasteiger partial charge on any atom is -0.291 e. The van der Waals surface area contributed by atoms with E-state index in [-0.39, 0.29) is 0 Å². The molecular formula is C9H4Cl2F4O. The normalized spacial score (nSPS) is 11.9. The van der Waals surface area contributed by atoms with Crippen molar-refractivity contribution in [2.75, 3.05) is 0 Å². The van der Waals surface area contributed by atoms with Gasteiger partial charge >= 0.3 is 6.18 Å². The van der Waals surface area contributed by atoms with E-state index in [4.69, 9.17) is 23.2 Å². The number of rotatable bonds is 2. The fraction of sp³-hybridized carbons (Fsp3) is 0.222. The number of hydrogen-bond donors (Lipinski definition) is 0. The molecule has 1 rings (SSSR count). The Morgan fingerprint density at radius 2 is 1.81 bits per heavy atom. The summed E-state index contributed by atoms with van der Waals surface area (Å²) >= 11 is 10.3. The average Bonchev–Trinajstić information content (AvgIpc) is 2.15. The zero-order chi connectivity index (χ0) is 12.5. The maximum Gasteiger partial charge on any atom is 0.416 e. The highest BCUT2D eigenvalue weighted by atomic mass is 35.5. The average molecular weight is 275 g/mol. The van der Waals surface area contributed by atoms with Crippen molar-refractivity contribution in [2.45, 2.75) is 11.0 Å². The van der Waals surface area contributed by atoms with Gasteiger partial charge in [-0.3, -0.25) is 4.79 Å². The van der Waals surface area contributed by atoms with Crippen LogP contribution in [0.2, 0.25) is 0 Å². The van der Waals surface area contributed by atoms with Crippen LogP contribution in [0.25, 0.3) is 0 Å². The monoisotopic (exact) mass is 274 g/mol. The quantitative estimate of drug-likeness (QED) is 0.455. The summed E-state index contributed by atoms with van der Waals surface area (Å²) < 4.78 is 49.9. The molecule has 0 aromatic heterocycles. The molecule has 0 saturated heterocycles. The summed E-state index contributed by atoms with van der Waals surface area (Å²) in [5.74, 6) is -2.20. The Balaban J connectivity index is 3.25. The molecule has 0 fully saturated rings. The summed E-state index contributed by atoms with van der Waals surface area (Å²) in [5.41, 5.74) is -1.91. The van der Waals surface area contributed by atoms with Crippen LogP contribution in [0.3, 0.4) is 0 Å². The highest BCUT2D eigenvalue weighted by molar-refractivity contribution is 6.55. The molecule has 0 atom stereocenters. The summed E-state index contributed by atoms with van der Waals surface area (Å²) in [4.78, 5) is 9.57. The maximum atomic E-state index is 13.1. The smallest absolute Gasteiger partial charge is 0.291 e. The highest BCUT2D eigenvalue weighted by Gasteiger charge is 2.32. The molecule has 0 radical (unpaired) electrons. The van der Waals surface area contributed by atoms with E-state index in [9.17, 15) is 22.4 Å². The molecular weight excluding hydrogens is 271 g/mol. The molecule has 0 heterocycles. The van der Waals surface area contributed by atoms with Crippen LogP contribution >= 0.6 is 23.2 Å². The van der Waals surface area contributed by atoms with E-state index in [0.29, 0.717) is 18.2 Å². The SMILES string of the molecule is O=C(c1cc(C(F)(F)F)ccc1F)C(Cl)Cl. The van der Waals surface area contributed by atoms with E-state index in [1.165, 1.54) is 0 Å². The number of benzene rings is 1. The van der Waals surface area contributed by atoms with E-state index >= 15 is 0 Å². The molecule has 0 bridgehead atoms. The van der Waals surface area contributed by atoms with Gasteiger partial charge in [0, 0.05) is 0 Å². The first kappa shape index (κ1) is 13.3. The van der Waals surface area contributed by atoms with Gasteiger partial charge in [-0.05, 0) is 18.2 Å². The van der Waals surface area contributed by atoms with Crippen LogP contribution in [-0.4, -0.2) is 10.6 Å². The minimum absolute atomic E-state index is 0.384. The van der Waals surface area contributed by atoms with Gasteiger partial charge in [-0.2, -0.15) is 13.2 Å². The van der Waals surface area contributed by atoms with Crippen molar-refractivity contribution in [1.29, 1.82) is 0 Å². The van der Waals surface area contributed by atoms with Crippen molar-refractivity contribution in [3.63, 3.8) is 0 Å². The Labute approximate surface area is 98.0 Å². The molecule has 7 heteroatoms. The number of Topliss-reactive ketones (excluding diaryl/α,β-unsaturated/α-hetero) is 1. The van der Waals surface area contributed by atoms with Crippen molar-refractivity contribution in [3.8, 4) is 0 Å².